The van der Waals surface area contributed by atoms with Crippen LogP contribution in [0, 0.1) is 11.3 Å². The fraction of sp³-hybridized carbons (Fsp3) is 0.0323. The summed E-state index contributed by atoms with van der Waals surface area (Å²) in [6.07, 6.45) is 4.88. The lowest BCUT2D eigenvalue weighted by molar-refractivity contribution is -0.128. The van der Waals surface area contributed by atoms with E-state index < -0.39 is 5.97 Å². The second kappa shape index (κ2) is 11.8. The Balaban J connectivity index is 1.30. The molecule has 4 aromatic carbocycles. The van der Waals surface area contributed by atoms with Gasteiger partial charge in [0, 0.05) is 6.08 Å². The van der Waals surface area contributed by atoms with E-state index in [1.165, 1.54) is 6.08 Å². The van der Waals surface area contributed by atoms with Crippen molar-refractivity contribution in [3.05, 3.63) is 138 Å². The Morgan fingerprint density at radius 1 is 0.743 bits per heavy atom. The maximum atomic E-state index is 12.2. The molecular formula is C31H23NO3. The summed E-state index contributed by atoms with van der Waals surface area (Å²) in [6, 6.07) is 36.2. The molecule has 0 heterocycles. The summed E-state index contributed by atoms with van der Waals surface area (Å²) in [5.41, 5.74) is 4.22. The van der Waals surface area contributed by atoms with Crippen LogP contribution in [0.3, 0.4) is 0 Å². The number of carbonyl (C=O) groups is 1. The summed E-state index contributed by atoms with van der Waals surface area (Å²) in [4.78, 5) is 12.2. The maximum absolute atomic E-state index is 12.2. The third-order valence-electron chi connectivity index (χ3n) is 5.16. The second-order valence-electron chi connectivity index (χ2n) is 7.70. The Bertz CT molecular complexity index is 1350. The van der Waals surface area contributed by atoms with Gasteiger partial charge in [-0.3, -0.25) is 0 Å². The average molecular weight is 458 g/mol. The average Bonchev–Trinajstić information content (AvgIpc) is 2.92. The molecular weight excluding hydrogens is 434 g/mol. The van der Waals surface area contributed by atoms with Crippen LogP contribution in [0.2, 0.25) is 0 Å². The third-order valence-corrected chi connectivity index (χ3v) is 5.16. The van der Waals surface area contributed by atoms with E-state index in [4.69, 9.17) is 9.47 Å². The molecule has 4 heteroatoms. The zero-order chi connectivity index (χ0) is 24.3. The summed E-state index contributed by atoms with van der Waals surface area (Å²) in [7, 11) is 0. The number of hydrogen-bond acceptors (Lipinski definition) is 4. The molecule has 0 aromatic heterocycles. The Morgan fingerprint density at radius 3 is 2.00 bits per heavy atom. The number of hydrogen-bond donors (Lipinski definition) is 0. The fourth-order valence-electron chi connectivity index (χ4n) is 3.33. The van der Waals surface area contributed by atoms with Crippen LogP contribution in [0.5, 0.6) is 11.5 Å². The molecule has 0 aliphatic rings. The Kier molecular flexibility index (Phi) is 7.87. The van der Waals surface area contributed by atoms with Crippen molar-refractivity contribution < 1.29 is 14.3 Å². The highest BCUT2D eigenvalue weighted by molar-refractivity contribution is 5.90. The predicted molar refractivity (Wildman–Crippen MR) is 138 cm³/mol. The summed E-state index contributed by atoms with van der Waals surface area (Å²) < 4.78 is 11.2. The van der Waals surface area contributed by atoms with Crippen LogP contribution in [0.15, 0.2) is 115 Å². The van der Waals surface area contributed by atoms with Crippen molar-refractivity contribution in [2.45, 2.75) is 6.61 Å². The van der Waals surface area contributed by atoms with Gasteiger partial charge in [-0.25, -0.2) is 4.79 Å². The molecule has 0 radical (unpaired) electrons. The van der Waals surface area contributed by atoms with Gasteiger partial charge in [-0.2, -0.15) is 5.26 Å². The summed E-state index contributed by atoms with van der Waals surface area (Å²) >= 11 is 0. The molecule has 0 unspecified atom stereocenters. The molecule has 0 bridgehead atoms. The number of rotatable bonds is 8. The lowest BCUT2D eigenvalue weighted by atomic mass is 10.0. The van der Waals surface area contributed by atoms with Gasteiger partial charge in [-0.1, -0.05) is 84.9 Å². The molecule has 0 aliphatic heterocycles. The minimum Gasteiger partial charge on any atom is -0.489 e. The SMILES string of the molecule is N#C/C(=C/c1ccc(OC(=O)/C=C/c2ccc(OCc3ccccc3)cc2)cc1)c1ccccc1. The number of carbonyl (C=O) groups excluding carboxylic acids is 1. The molecule has 0 atom stereocenters. The molecule has 0 spiro atoms. The highest BCUT2D eigenvalue weighted by atomic mass is 16.5. The molecule has 0 N–H and O–H groups in total. The zero-order valence-corrected chi connectivity index (χ0v) is 19.0. The summed E-state index contributed by atoms with van der Waals surface area (Å²) in [6.45, 7) is 0.501. The quantitative estimate of drug-likeness (QED) is 0.0944. The van der Waals surface area contributed by atoms with Gasteiger partial charge in [0.1, 0.15) is 18.1 Å². The van der Waals surface area contributed by atoms with E-state index in [1.54, 1.807) is 36.4 Å². The molecule has 0 aliphatic carbocycles. The van der Waals surface area contributed by atoms with E-state index in [2.05, 4.69) is 6.07 Å². The minimum absolute atomic E-state index is 0.430. The van der Waals surface area contributed by atoms with E-state index in [-0.39, 0.29) is 0 Å². The molecule has 4 rings (SSSR count). The van der Waals surface area contributed by atoms with E-state index >= 15 is 0 Å². The smallest absolute Gasteiger partial charge is 0.336 e. The van der Waals surface area contributed by atoms with Crippen molar-refractivity contribution in [3.8, 4) is 17.6 Å². The van der Waals surface area contributed by atoms with Crippen molar-refractivity contribution in [1.29, 1.82) is 5.26 Å². The van der Waals surface area contributed by atoms with Crippen molar-refractivity contribution in [2.24, 2.45) is 0 Å². The topological polar surface area (TPSA) is 59.3 Å². The predicted octanol–water partition coefficient (Wildman–Crippen LogP) is 6.95. The summed E-state index contributed by atoms with van der Waals surface area (Å²) in [5.74, 6) is 0.717. The molecule has 35 heavy (non-hydrogen) atoms. The van der Waals surface area contributed by atoms with Crippen LogP contribution < -0.4 is 9.47 Å². The lowest BCUT2D eigenvalue weighted by Crippen LogP contribution is -2.03. The number of nitrogens with zero attached hydrogens (tertiary/aromatic N) is 1. The van der Waals surface area contributed by atoms with Crippen LogP contribution >= 0.6 is 0 Å². The van der Waals surface area contributed by atoms with E-state index in [9.17, 15) is 10.1 Å². The monoisotopic (exact) mass is 457 g/mol. The Hall–Kier alpha value is -4.88. The maximum Gasteiger partial charge on any atom is 0.336 e. The van der Waals surface area contributed by atoms with Gasteiger partial charge < -0.3 is 9.47 Å². The van der Waals surface area contributed by atoms with Crippen LogP contribution in [-0.2, 0) is 11.4 Å². The first kappa shape index (κ1) is 23.3. The first-order chi connectivity index (χ1) is 17.2. The van der Waals surface area contributed by atoms with Crippen molar-refractivity contribution in [3.63, 3.8) is 0 Å². The molecule has 170 valence electrons. The number of allylic oxidation sites excluding steroid dienone is 1. The first-order valence-corrected chi connectivity index (χ1v) is 11.1. The molecule has 0 saturated heterocycles. The molecule has 0 fully saturated rings. The van der Waals surface area contributed by atoms with E-state index in [0.29, 0.717) is 17.9 Å². The molecule has 4 aromatic rings. The molecule has 0 saturated carbocycles. The highest BCUT2D eigenvalue weighted by Crippen LogP contribution is 2.20. The number of nitriles is 1. The standard InChI is InChI=1S/C31H23NO3/c32-22-28(27-9-5-2-6-10-27)21-25-13-18-30(19-14-25)35-31(33)20-15-24-11-16-29(17-12-24)34-23-26-7-3-1-4-8-26/h1-21H,23H2/b20-15+,28-21-. The number of benzene rings is 4. The Labute approximate surface area is 205 Å². The minimum atomic E-state index is -0.473. The second-order valence-corrected chi connectivity index (χ2v) is 7.70. The molecule has 4 nitrogen and oxygen atoms in total. The van der Waals surface area contributed by atoms with E-state index in [1.807, 2.05) is 84.9 Å². The van der Waals surface area contributed by atoms with Crippen LogP contribution in [0.25, 0.3) is 17.7 Å². The van der Waals surface area contributed by atoms with Gasteiger partial charge in [0.15, 0.2) is 0 Å². The van der Waals surface area contributed by atoms with Crippen molar-refractivity contribution in [2.75, 3.05) is 0 Å². The first-order valence-electron chi connectivity index (χ1n) is 11.1. The number of esters is 1. The van der Waals surface area contributed by atoms with Gasteiger partial charge in [0.2, 0.25) is 0 Å². The van der Waals surface area contributed by atoms with Gasteiger partial charge in [-0.05, 0) is 58.7 Å². The molecule has 0 amide bonds. The van der Waals surface area contributed by atoms with E-state index in [0.717, 1.165) is 28.0 Å². The fourth-order valence-corrected chi connectivity index (χ4v) is 3.33. The third kappa shape index (κ3) is 7.05. The van der Waals surface area contributed by atoms with Gasteiger partial charge >= 0.3 is 5.97 Å². The summed E-state index contributed by atoms with van der Waals surface area (Å²) in [5, 5.41) is 9.45. The van der Waals surface area contributed by atoms with Crippen molar-refractivity contribution in [1.82, 2.24) is 0 Å². The highest BCUT2D eigenvalue weighted by Gasteiger charge is 2.03. The lowest BCUT2D eigenvalue weighted by Gasteiger charge is -2.06. The van der Waals surface area contributed by atoms with Gasteiger partial charge in [-0.15, -0.1) is 0 Å². The van der Waals surface area contributed by atoms with Crippen LogP contribution in [-0.4, -0.2) is 5.97 Å². The van der Waals surface area contributed by atoms with Gasteiger partial charge in [0.05, 0.1) is 11.6 Å². The normalized spacial score (nSPS) is 11.1. The van der Waals surface area contributed by atoms with Gasteiger partial charge in [0.25, 0.3) is 0 Å². The number of ether oxygens (including phenoxy) is 2. The Morgan fingerprint density at radius 2 is 1.34 bits per heavy atom. The largest absolute Gasteiger partial charge is 0.489 e. The van der Waals surface area contributed by atoms with Crippen molar-refractivity contribution >= 4 is 23.7 Å². The van der Waals surface area contributed by atoms with Crippen LogP contribution in [0.1, 0.15) is 22.3 Å². The van der Waals surface area contributed by atoms with Crippen LogP contribution in [0.4, 0.5) is 0 Å². The zero-order valence-electron chi connectivity index (χ0n) is 19.0.